The number of halogens is 4. The van der Waals surface area contributed by atoms with Crippen LogP contribution in [-0.4, -0.2) is 25.5 Å². The third-order valence-electron chi connectivity index (χ3n) is 2.55. The van der Waals surface area contributed by atoms with Crippen molar-refractivity contribution < 1.29 is 18.0 Å². The standard InChI is InChI=1S/C13H16BrF3N2O/c1-2-5-18-6-7-19-12(20)9-3-4-11(14)10(8-9)13(15,16)17/h3-4,8,18H,2,5-7H2,1H3,(H,19,20). The Morgan fingerprint density at radius 1 is 1.25 bits per heavy atom. The van der Waals surface area contributed by atoms with Crippen LogP contribution in [-0.2, 0) is 6.18 Å². The van der Waals surface area contributed by atoms with Crippen LogP contribution in [0.15, 0.2) is 22.7 Å². The summed E-state index contributed by atoms with van der Waals surface area (Å²) < 4.78 is 38.1. The Balaban J connectivity index is 2.65. The number of carbonyl (C=O) groups excluding carboxylic acids is 1. The van der Waals surface area contributed by atoms with E-state index >= 15 is 0 Å². The number of benzene rings is 1. The van der Waals surface area contributed by atoms with Crippen molar-refractivity contribution in [1.29, 1.82) is 0 Å². The zero-order chi connectivity index (χ0) is 15.2. The first-order valence-corrected chi connectivity index (χ1v) is 7.01. The molecule has 1 rings (SSSR count). The number of hydrogen-bond donors (Lipinski definition) is 2. The lowest BCUT2D eigenvalue weighted by Crippen LogP contribution is -2.32. The average Bonchev–Trinajstić information content (AvgIpc) is 2.37. The Kier molecular flexibility index (Phi) is 6.48. The van der Waals surface area contributed by atoms with E-state index in [1.165, 1.54) is 12.1 Å². The summed E-state index contributed by atoms with van der Waals surface area (Å²) >= 11 is 2.83. The fourth-order valence-electron chi connectivity index (χ4n) is 1.55. The zero-order valence-electron chi connectivity index (χ0n) is 11.0. The summed E-state index contributed by atoms with van der Waals surface area (Å²) in [4.78, 5) is 11.7. The number of hydrogen-bond acceptors (Lipinski definition) is 2. The Bertz CT molecular complexity index is 463. The minimum atomic E-state index is -4.49. The molecule has 0 aliphatic carbocycles. The number of nitrogens with one attached hydrogen (secondary N) is 2. The molecule has 1 aromatic rings. The molecule has 0 saturated heterocycles. The van der Waals surface area contributed by atoms with Crippen LogP contribution in [0.3, 0.4) is 0 Å². The summed E-state index contributed by atoms with van der Waals surface area (Å²) in [5.74, 6) is -0.513. The van der Waals surface area contributed by atoms with Crippen molar-refractivity contribution in [2.24, 2.45) is 0 Å². The van der Waals surface area contributed by atoms with Gasteiger partial charge in [0.25, 0.3) is 5.91 Å². The van der Waals surface area contributed by atoms with Gasteiger partial charge in [-0.05, 0) is 31.2 Å². The predicted octanol–water partition coefficient (Wildman–Crippen LogP) is 3.20. The fourth-order valence-corrected chi connectivity index (χ4v) is 2.02. The quantitative estimate of drug-likeness (QED) is 0.772. The molecular formula is C13H16BrF3N2O. The molecule has 1 amide bonds. The molecule has 0 bridgehead atoms. The molecule has 7 heteroatoms. The van der Waals surface area contributed by atoms with Crippen molar-refractivity contribution in [3.63, 3.8) is 0 Å². The van der Waals surface area contributed by atoms with Crippen LogP contribution in [0.25, 0.3) is 0 Å². The summed E-state index contributed by atoms with van der Waals surface area (Å²) in [6, 6.07) is 3.43. The maximum Gasteiger partial charge on any atom is 0.417 e. The monoisotopic (exact) mass is 352 g/mol. The van der Waals surface area contributed by atoms with E-state index in [9.17, 15) is 18.0 Å². The lowest BCUT2D eigenvalue weighted by molar-refractivity contribution is -0.138. The van der Waals surface area contributed by atoms with Crippen molar-refractivity contribution in [3.8, 4) is 0 Å². The van der Waals surface area contributed by atoms with E-state index in [4.69, 9.17) is 0 Å². The van der Waals surface area contributed by atoms with E-state index in [2.05, 4.69) is 26.6 Å². The van der Waals surface area contributed by atoms with Gasteiger partial charge in [-0.2, -0.15) is 13.2 Å². The fraction of sp³-hybridized carbons (Fsp3) is 0.462. The molecule has 3 nitrogen and oxygen atoms in total. The molecule has 0 unspecified atom stereocenters. The average molecular weight is 353 g/mol. The molecule has 112 valence electrons. The van der Waals surface area contributed by atoms with E-state index in [-0.39, 0.29) is 10.0 Å². The van der Waals surface area contributed by atoms with E-state index < -0.39 is 17.6 Å². The smallest absolute Gasteiger partial charge is 0.351 e. The van der Waals surface area contributed by atoms with Gasteiger partial charge in [-0.25, -0.2) is 0 Å². The van der Waals surface area contributed by atoms with Crippen molar-refractivity contribution in [1.82, 2.24) is 10.6 Å². The third kappa shape index (κ3) is 5.13. The highest BCUT2D eigenvalue weighted by atomic mass is 79.9. The maximum atomic E-state index is 12.7. The number of amides is 1. The highest BCUT2D eigenvalue weighted by molar-refractivity contribution is 9.10. The Labute approximate surface area is 124 Å². The number of rotatable bonds is 6. The Morgan fingerprint density at radius 2 is 1.95 bits per heavy atom. The highest BCUT2D eigenvalue weighted by Gasteiger charge is 2.33. The van der Waals surface area contributed by atoms with Crippen LogP contribution in [0, 0.1) is 0 Å². The lowest BCUT2D eigenvalue weighted by atomic mass is 10.1. The Morgan fingerprint density at radius 3 is 2.55 bits per heavy atom. The second-order valence-electron chi connectivity index (χ2n) is 4.20. The van der Waals surface area contributed by atoms with E-state index in [1.54, 1.807) is 0 Å². The van der Waals surface area contributed by atoms with Crippen molar-refractivity contribution >= 4 is 21.8 Å². The molecule has 1 aromatic carbocycles. The summed E-state index contributed by atoms with van der Waals surface area (Å²) in [6.07, 6.45) is -3.51. The Hall–Kier alpha value is -1.08. The van der Waals surface area contributed by atoms with Gasteiger partial charge in [-0.3, -0.25) is 4.79 Å². The van der Waals surface area contributed by atoms with Gasteiger partial charge in [0, 0.05) is 23.1 Å². The second-order valence-corrected chi connectivity index (χ2v) is 5.05. The minimum absolute atomic E-state index is 0.00369. The molecule has 0 aliphatic heterocycles. The number of alkyl halides is 3. The van der Waals surface area contributed by atoms with Gasteiger partial charge >= 0.3 is 6.18 Å². The molecule has 0 heterocycles. The van der Waals surface area contributed by atoms with Crippen LogP contribution in [0.2, 0.25) is 0 Å². The van der Waals surface area contributed by atoms with E-state index in [0.717, 1.165) is 19.0 Å². The highest BCUT2D eigenvalue weighted by Crippen LogP contribution is 2.35. The number of carbonyl (C=O) groups is 1. The molecule has 0 aromatic heterocycles. The molecular weight excluding hydrogens is 337 g/mol. The molecule has 20 heavy (non-hydrogen) atoms. The topological polar surface area (TPSA) is 41.1 Å². The predicted molar refractivity (Wildman–Crippen MR) is 74.6 cm³/mol. The van der Waals surface area contributed by atoms with Crippen molar-refractivity contribution in [3.05, 3.63) is 33.8 Å². The van der Waals surface area contributed by atoms with Gasteiger partial charge in [0.05, 0.1) is 5.56 Å². The van der Waals surface area contributed by atoms with Gasteiger partial charge < -0.3 is 10.6 Å². The van der Waals surface area contributed by atoms with Gasteiger partial charge in [0.2, 0.25) is 0 Å². The van der Waals surface area contributed by atoms with Crippen molar-refractivity contribution in [2.75, 3.05) is 19.6 Å². The van der Waals surface area contributed by atoms with Crippen LogP contribution in [0.5, 0.6) is 0 Å². The molecule has 0 aliphatic rings. The second kappa shape index (κ2) is 7.64. The van der Waals surface area contributed by atoms with Crippen LogP contribution in [0.1, 0.15) is 29.3 Å². The normalized spacial score (nSPS) is 11.4. The van der Waals surface area contributed by atoms with E-state index in [0.29, 0.717) is 13.1 Å². The summed E-state index contributed by atoms with van der Waals surface area (Å²) in [7, 11) is 0. The van der Waals surface area contributed by atoms with Gasteiger partial charge in [0.15, 0.2) is 0 Å². The van der Waals surface area contributed by atoms with Gasteiger partial charge in [0.1, 0.15) is 0 Å². The van der Waals surface area contributed by atoms with Gasteiger partial charge in [-0.15, -0.1) is 0 Å². The molecule has 0 radical (unpaired) electrons. The maximum absolute atomic E-state index is 12.7. The molecule has 0 spiro atoms. The third-order valence-corrected chi connectivity index (χ3v) is 3.24. The molecule has 0 atom stereocenters. The summed E-state index contributed by atoms with van der Waals surface area (Å²) in [6.45, 7) is 3.82. The lowest BCUT2D eigenvalue weighted by Gasteiger charge is -2.11. The first-order chi connectivity index (χ1) is 9.36. The van der Waals surface area contributed by atoms with Crippen LogP contribution >= 0.6 is 15.9 Å². The minimum Gasteiger partial charge on any atom is -0.351 e. The summed E-state index contributed by atoms with van der Waals surface area (Å²) in [5, 5.41) is 5.66. The van der Waals surface area contributed by atoms with Crippen LogP contribution < -0.4 is 10.6 Å². The first kappa shape index (κ1) is 17.0. The van der Waals surface area contributed by atoms with E-state index in [1.807, 2.05) is 6.92 Å². The molecule has 0 fully saturated rings. The van der Waals surface area contributed by atoms with Crippen LogP contribution in [0.4, 0.5) is 13.2 Å². The van der Waals surface area contributed by atoms with Crippen molar-refractivity contribution in [2.45, 2.75) is 19.5 Å². The van der Waals surface area contributed by atoms with Gasteiger partial charge in [-0.1, -0.05) is 22.9 Å². The summed E-state index contributed by atoms with van der Waals surface area (Å²) in [5.41, 5.74) is -0.856. The molecule has 2 N–H and O–H groups in total. The zero-order valence-corrected chi connectivity index (χ0v) is 12.6. The molecule has 0 saturated carbocycles. The first-order valence-electron chi connectivity index (χ1n) is 6.22. The SMILES string of the molecule is CCCNCCNC(=O)c1ccc(Br)c(C(F)(F)F)c1. The largest absolute Gasteiger partial charge is 0.417 e.